The smallest absolute Gasteiger partial charge is 0.255 e. The second kappa shape index (κ2) is 9.48. The molecule has 0 saturated heterocycles. The van der Waals surface area contributed by atoms with Crippen molar-refractivity contribution in [2.75, 3.05) is 13.7 Å². The fourth-order valence-electron chi connectivity index (χ4n) is 2.86. The lowest BCUT2D eigenvalue weighted by molar-refractivity contribution is -0.127. The van der Waals surface area contributed by atoms with Gasteiger partial charge < -0.3 is 26.3 Å². The van der Waals surface area contributed by atoms with Crippen LogP contribution in [0.25, 0.3) is 0 Å². The molecule has 0 unspecified atom stereocenters. The van der Waals surface area contributed by atoms with E-state index in [4.69, 9.17) is 20.9 Å². The standard InChI is InChI=1S/C17H25N3O4.ClH/c1-23-14-9-12(5-6-13(14)24-11-15(18)21)10-20-16(22)17(19)7-3-2-4-8-17;/h5-6,9H,2-4,7-8,10-11,19H2,1H3,(H2,18,21)(H,20,22);1H. The number of carbonyl (C=O) groups excluding carboxylic acids is 2. The number of nitrogens with two attached hydrogens (primary N) is 2. The number of carbonyl (C=O) groups is 2. The molecular formula is C17H26ClN3O4. The number of methoxy groups -OCH3 is 1. The molecule has 1 aromatic rings. The van der Waals surface area contributed by atoms with Gasteiger partial charge in [-0.1, -0.05) is 25.3 Å². The van der Waals surface area contributed by atoms with Crippen molar-refractivity contribution in [1.82, 2.24) is 5.32 Å². The topological polar surface area (TPSA) is 117 Å². The molecule has 1 aromatic carbocycles. The summed E-state index contributed by atoms with van der Waals surface area (Å²) in [4.78, 5) is 23.1. The Balaban J connectivity index is 0.00000312. The number of nitrogens with one attached hydrogen (secondary N) is 1. The minimum Gasteiger partial charge on any atom is -0.493 e. The largest absolute Gasteiger partial charge is 0.493 e. The lowest BCUT2D eigenvalue weighted by Gasteiger charge is -2.31. The van der Waals surface area contributed by atoms with E-state index in [0.29, 0.717) is 18.0 Å². The first kappa shape index (κ1) is 21.1. The summed E-state index contributed by atoms with van der Waals surface area (Å²) in [6.45, 7) is 0.131. The zero-order valence-electron chi connectivity index (χ0n) is 14.4. The molecule has 0 aromatic heterocycles. The Morgan fingerprint density at radius 2 is 1.88 bits per heavy atom. The van der Waals surface area contributed by atoms with Gasteiger partial charge in [-0.3, -0.25) is 9.59 Å². The van der Waals surface area contributed by atoms with Gasteiger partial charge in [0.15, 0.2) is 18.1 Å². The van der Waals surface area contributed by atoms with E-state index in [9.17, 15) is 9.59 Å². The van der Waals surface area contributed by atoms with Gasteiger partial charge in [-0.25, -0.2) is 0 Å². The quantitative estimate of drug-likeness (QED) is 0.667. The minimum atomic E-state index is -0.757. The van der Waals surface area contributed by atoms with Crippen LogP contribution in [0.5, 0.6) is 11.5 Å². The molecule has 140 valence electrons. The monoisotopic (exact) mass is 371 g/mol. The number of primary amides is 1. The van der Waals surface area contributed by atoms with Crippen molar-refractivity contribution in [3.8, 4) is 11.5 Å². The second-order valence-corrected chi connectivity index (χ2v) is 6.14. The SMILES string of the molecule is COc1cc(CNC(=O)C2(N)CCCCC2)ccc1OCC(N)=O.Cl. The summed E-state index contributed by atoms with van der Waals surface area (Å²) < 4.78 is 10.5. The van der Waals surface area contributed by atoms with Crippen LogP contribution in [0.15, 0.2) is 18.2 Å². The molecule has 1 saturated carbocycles. The molecule has 0 radical (unpaired) electrons. The van der Waals surface area contributed by atoms with E-state index >= 15 is 0 Å². The molecule has 0 spiro atoms. The zero-order chi connectivity index (χ0) is 17.6. The average Bonchev–Trinajstić information content (AvgIpc) is 2.58. The van der Waals surface area contributed by atoms with Gasteiger partial charge in [-0.15, -0.1) is 12.4 Å². The van der Waals surface area contributed by atoms with Crippen LogP contribution in [0.2, 0.25) is 0 Å². The minimum absolute atomic E-state index is 0. The molecule has 5 N–H and O–H groups in total. The number of halogens is 1. The van der Waals surface area contributed by atoms with Crippen molar-refractivity contribution in [3.63, 3.8) is 0 Å². The number of benzene rings is 1. The van der Waals surface area contributed by atoms with E-state index in [2.05, 4.69) is 5.32 Å². The highest BCUT2D eigenvalue weighted by molar-refractivity contribution is 5.86. The predicted octanol–water partition coefficient (Wildman–Crippen LogP) is 1.26. The fraction of sp³-hybridized carbons (Fsp3) is 0.529. The summed E-state index contributed by atoms with van der Waals surface area (Å²) in [5, 5.41) is 2.90. The van der Waals surface area contributed by atoms with Crippen LogP contribution in [0.4, 0.5) is 0 Å². The molecule has 0 bridgehead atoms. The number of hydrogen-bond donors (Lipinski definition) is 3. The fourth-order valence-corrected chi connectivity index (χ4v) is 2.86. The first-order chi connectivity index (χ1) is 11.4. The first-order valence-corrected chi connectivity index (χ1v) is 8.10. The van der Waals surface area contributed by atoms with Crippen LogP contribution in [0.1, 0.15) is 37.7 Å². The van der Waals surface area contributed by atoms with Crippen LogP contribution in [0.3, 0.4) is 0 Å². The van der Waals surface area contributed by atoms with Crippen LogP contribution in [0, 0.1) is 0 Å². The third-order valence-electron chi connectivity index (χ3n) is 4.25. The van der Waals surface area contributed by atoms with E-state index in [1.54, 1.807) is 18.2 Å². The third kappa shape index (κ3) is 5.79. The van der Waals surface area contributed by atoms with Crippen molar-refractivity contribution in [2.45, 2.75) is 44.2 Å². The highest BCUT2D eigenvalue weighted by Gasteiger charge is 2.34. The first-order valence-electron chi connectivity index (χ1n) is 8.10. The van der Waals surface area contributed by atoms with E-state index in [1.807, 2.05) is 0 Å². The number of hydrogen-bond acceptors (Lipinski definition) is 5. The Hall–Kier alpha value is -1.99. The van der Waals surface area contributed by atoms with Crippen LogP contribution >= 0.6 is 12.4 Å². The van der Waals surface area contributed by atoms with Gasteiger partial charge in [0.05, 0.1) is 12.6 Å². The van der Waals surface area contributed by atoms with Crippen molar-refractivity contribution in [3.05, 3.63) is 23.8 Å². The zero-order valence-corrected chi connectivity index (χ0v) is 15.2. The van der Waals surface area contributed by atoms with Crippen molar-refractivity contribution in [2.24, 2.45) is 11.5 Å². The van der Waals surface area contributed by atoms with Gasteiger partial charge in [-0.05, 0) is 30.5 Å². The number of ether oxygens (including phenoxy) is 2. The van der Waals surface area contributed by atoms with Gasteiger partial charge in [0.25, 0.3) is 5.91 Å². The average molecular weight is 372 g/mol. The number of amides is 2. The predicted molar refractivity (Wildman–Crippen MR) is 96.8 cm³/mol. The molecule has 0 heterocycles. The van der Waals surface area contributed by atoms with Crippen LogP contribution in [-0.2, 0) is 16.1 Å². The molecular weight excluding hydrogens is 346 g/mol. The summed E-state index contributed by atoms with van der Waals surface area (Å²) in [7, 11) is 1.51. The summed E-state index contributed by atoms with van der Waals surface area (Å²) in [5.41, 5.74) is 11.4. The summed E-state index contributed by atoms with van der Waals surface area (Å²) in [5.74, 6) is 0.224. The van der Waals surface area contributed by atoms with Gasteiger partial charge in [0.1, 0.15) is 0 Å². The summed E-state index contributed by atoms with van der Waals surface area (Å²) in [6, 6.07) is 5.23. The molecule has 8 heteroatoms. The maximum Gasteiger partial charge on any atom is 0.255 e. The van der Waals surface area contributed by atoms with E-state index < -0.39 is 11.4 Å². The molecule has 0 atom stereocenters. The Morgan fingerprint density at radius 3 is 2.48 bits per heavy atom. The summed E-state index contributed by atoms with van der Waals surface area (Å²) in [6.07, 6.45) is 4.56. The molecule has 2 rings (SSSR count). The van der Waals surface area contributed by atoms with Gasteiger partial charge in [0.2, 0.25) is 5.91 Å². The second-order valence-electron chi connectivity index (χ2n) is 6.14. The molecule has 1 aliphatic rings. The third-order valence-corrected chi connectivity index (χ3v) is 4.25. The molecule has 7 nitrogen and oxygen atoms in total. The molecule has 2 amide bonds. The molecule has 1 aliphatic carbocycles. The van der Waals surface area contributed by atoms with Crippen LogP contribution < -0.4 is 26.3 Å². The van der Waals surface area contributed by atoms with Crippen molar-refractivity contribution >= 4 is 24.2 Å². The number of rotatable bonds is 7. The van der Waals surface area contributed by atoms with Crippen molar-refractivity contribution in [1.29, 1.82) is 0 Å². The van der Waals surface area contributed by atoms with Gasteiger partial charge >= 0.3 is 0 Å². The highest BCUT2D eigenvalue weighted by atomic mass is 35.5. The van der Waals surface area contributed by atoms with Crippen molar-refractivity contribution < 1.29 is 19.1 Å². The highest BCUT2D eigenvalue weighted by Crippen LogP contribution is 2.29. The Bertz CT molecular complexity index is 604. The lowest BCUT2D eigenvalue weighted by Crippen LogP contribution is -2.54. The lowest BCUT2D eigenvalue weighted by atomic mass is 9.82. The molecule has 25 heavy (non-hydrogen) atoms. The Kier molecular flexibility index (Phi) is 7.99. The molecule has 0 aliphatic heterocycles. The van der Waals surface area contributed by atoms with E-state index in [-0.39, 0.29) is 24.9 Å². The summed E-state index contributed by atoms with van der Waals surface area (Å²) >= 11 is 0. The Morgan fingerprint density at radius 1 is 1.20 bits per heavy atom. The maximum absolute atomic E-state index is 12.3. The molecule has 1 fully saturated rings. The maximum atomic E-state index is 12.3. The van der Waals surface area contributed by atoms with Gasteiger partial charge in [0, 0.05) is 6.54 Å². The Labute approximate surface area is 153 Å². The van der Waals surface area contributed by atoms with E-state index in [1.165, 1.54) is 7.11 Å². The van der Waals surface area contributed by atoms with Gasteiger partial charge in [-0.2, -0.15) is 0 Å². The normalized spacial score (nSPS) is 15.6. The van der Waals surface area contributed by atoms with Crippen LogP contribution in [-0.4, -0.2) is 31.1 Å². The van der Waals surface area contributed by atoms with E-state index in [0.717, 1.165) is 37.7 Å².